The molecule has 4 nitrogen and oxygen atoms in total. The lowest BCUT2D eigenvalue weighted by Gasteiger charge is -2.32. The number of nitrogens with zero attached hydrogens (tertiary/aromatic N) is 3. The molecule has 1 aliphatic heterocycles. The maximum Gasteiger partial charge on any atom is 0.135 e. The minimum absolute atomic E-state index is 0.425. The van der Waals surface area contributed by atoms with Crippen molar-refractivity contribution in [3.05, 3.63) is 16.5 Å². The van der Waals surface area contributed by atoms with Gasteiger partial charge in [-0.2, -0.15) is 0 Å². The molecule has 1 saturated carbocycles. The average Bonchev–Trinajstić information content (AvgIpc) is 3.23. The van der Waals surface area contributed by atoms with Crippen molar-refractivity contribution in [3.8, 4) is 0 Å². The number of anilines is 1. The number of hydrogen-bond acceptors (Lipinski definition) is 4. The van der Waals surface area contributed by atoms with E-state index in [1.165, 1.54) is 12.8 Å². The van der Waals surface area contributed by atoms with Gasteiger partial charge in [0.2, 0.25) is 0 Å². The normalized spacial score (nSPS) is 20.8. The number of piperidine rings is 1. The van der Waals surface area contributed by atoms with E-state index in [1.807, 2.05) is 6.07 Å². The molecule has 2 fully saturated rings. The molecule has 2 aliphatic rings. The van der Waals surface area contributed by atoms with Crippen molar-refractivity contribution in [2.75, 3.05) is 24.6 Å². The van der Waals surface area contributed by atoms with Gasteiger partial charge >= 0.3 is 0 Å². The Bertz CT molecular complexity index is 442. The Balaban J connectivity index is 1.69. The quantitative estimate of drug-likeness (QED) is 0.797. The van der Waals surface area contributed by atoms with Crippen molar-refractivity contribution in [1.82, 2.24) is 9.97 Å². The molecule has 19 heavy (non-hydrogen) atoms. The predicted molar refractivity (Wildman–Crippen MR) is 78.6 cm³/mol. The zero-order valence-electron chi connectivity index (χ0n) is 11.3. The van der Waals surface area contributed by atoms with E-state index >= 15 is 0 Å². The Morgan fingerprint density at radius 3 is 2.63 bits per heavy atom. The second-order valence-corrected chi connectivity index (χ2v) is 6.14. The minimum Gasteiger partial charge on any atom is -0.378 e. The van der Waals surface area contributed by atoms with Crippen molar-refractivity contribution in [2.24, 2.45) is 0 Å². The van der Waals surface area contributed by atoms with Crippen molar-refractivity contribution in [3.63, 3.8) is 0 Å². The summed E-state index contributed by atoms with van der Waals surface area (Å²) in [7, 11) is 0. The number of ether oxygens (including phenoxy) is 1. The van der Waals surface area contributed by atoms with Crippen LogP contribution in [0.5, 0.6) is 0 Å². The van der Waals surface area contributed by atoms with Gasteiger partial charge in [0, 0.05) is 31.7 Å². The van der Waals surface area contributed by atoms with Gasteiger partial charge in [-0.25, -0.2) is 9.97 Å². The summed E-state index contributed by atoms with van der Waals surface area (Å²) in [5.74, 6) is 2.67. The zero-order chi connectivity index (χ0) is 13.2. The van der Waals surface area contributed by atoms with E-state index < -0.39 is 0 Å². The molecule has 2 heterocycles. The molecule has 0 aromatic carbocycles. The van der Waals surface area contributed by atoms with Gasteiger partial charge in [0.15, 0.2) is 0 Å². The summed E-state index contributed by atoms with van der Waals surface area (Å²) in [6, 6.07) is 2.03. The van der Waals surface area contributed by atoms with Gasteiger partial charge < -0.3 is 9.64 Å². The van der Waals surface area contributed by atoms with Crippen molar-refractivity contribution in [1.29, 1.82) is 0 Å². The van der Waals surface area contributed by atoms with Crippen molar-refractivity contribution < 1.29 is 4.74 Å². The van der Waals surface area contributed by atoms with E-state index in [0.29, 0.717) is 12.0 Å². The maximum absolute atomic E-state index is 5.69. The van der Waals surface area contributed by atoms with Gasteiger partial charge in [0.05, 0.1) is 6.10 Å². The van der Waals surface area contributed by atoms with Gasteiger partial charge in [0.25, 0.3) is 0 Å². The third-order valence-electron chi connectivity index (χ3n) is 3.81. The van der Waals surface area contributed by atoms with Crippen LogP contribution in [0.2, 0.25) is 0 Å². The molecular formula is C14H20BrN3O. The van der Waals surface area contributed by atoms with Crippen LogP contribution in [0, 0.1) is 0 Å². The molecule has 3 rings (SSSR count). The molecule has 1 saturated heterocycles. The third kappa shape index (κ3) is 3.26. The maximum atomic E-state index is 5.69. The predicted octanol–water partition coefficient (Wildman–Crippen LogP) is 3.12. The molecule has 0 bridgehead atoms. The first-order valence-electron chi connectivity index (χ1n) is 7.17. The summed E-state index contributed by atoms with van der Waals surface area (Å²) in [5.41, 5.74) is 0. The Kier molecular flexibility index (Phi) is 4.03. The van der Waals surface area contributed by atoms with Crippen LogP contribution in [0.15, 0.2) is 10.7 Å². The summed E-state index contributed by atoms with van der Waals surface area (Å²) in [4.78, 5) is 11.6. The lowest BCUT2D eigenvalue weighted by atomic mass is 10.1. The van der Waals surface area contributed by atoms with Crippen LogP contribution in [0.25, 0.3) is 0 Å². The van der Waals surface area contributed by atoms with Crippen LogP contribution in [0.3, 0.4) is 0 Å². The van der Waals surface area contributed by atoms with E-state index in [2.05, 4.69) is 32.7 Å². The molecule has 1 aliphatic carbocycles. The largest absolute Gasteiger partial charge is 0.378 e. The van der Waals surface area contributed by atoms with E-state index in [1.54, 1.807) is 0 Å². The van der Waals surface area contributed by atoms with Gasteiger partial charge in [-0.1, -0.05) is 0 Å². The molecule has 0 amide bonds. The highest BCUT2D eigenvalue weighted by molar-refractivity contribution is 9.10. The minimum atomic E-state index is 0.425. The first-order chi connectivity index (χ1) is 9.26. The molecule has 0 spiro atoms. The van der Waals surface area contributed by atoms with Gasteiger partial charge in [-0.05, 0) is 48.5 Å². The highest BCUT2D eigenvalue weighted by atomic mass is 79.9. The number of aromatic nitrogens is 2. The fraction of sp³-hybridized carbons (Fsp3) is 0.714. The second kappa shape index (κ2) is 5.75. The Morgan fingerprint density at radius 2 is 2.00 bits per heavy atom. The monoisotopic (exact) mass is 325 g/mol. The molecule has 0 unspecified atom stereocenters. The molecule has 1 aromatic heterocycles. The van der Waals surface area contributed by atoms with Crippen LogP contribution < -0.4 is 4.90 Å². The van der Waals surface area contributed by atoms with Gasteiger partial charge in [-0.15, -0.1) is 0 Å². The molecule has 0 radical (unpaired) electrons. The third-order valence-corrected chi connectivity index (χ3v) is 4.22. The standard InChI is InChI=1S/C14H20BrN3O/c1-2-19-11-5-7-18(8-6-11)13-9-12(15)16-14(17-13)10-3-4-10/h9-11H,2-8H2,1H3. The molecule has 0 N–H and O–H groups in total. The summed E-state index contributed by atoms with van der Waals surface area (Å²) in [5, 5.41) is 0. The summed E-state index contributed by atoms with van der Waals surface area (Å²) >= 11 is 3.51. The topological polar surface area (TPSA) is 38.2 Å². The van der Waals surface area contributed by atoms with Crippen LogP contribution in [-0.2, 0) is 4.74 Å². The molecule has 5 heteroatoms. The second-order valence-electron chi connectivity index (χ2n) is 5.32. The van der Waals surface area contributed by atoms with Gasteiger partial charge in [0.1, 0.15) is 16.2 Å². The highest BCUT2D eigenvalue weighted by Crippen LogP contribution is 2.39. The fourth-order valence-corrected chi connectivity index (χ4v) is 2.98. The van der Waals surface area contributed by atoms with Crippen LogP contribution in [0.4, 0.5) is 5.82 Å². The first-order valence-corrected chi connectivity index (χ1v) is 7.96. The van der Waals surface area contributed by atoms with Crippen LogP contribution >= 0.6 is 15.9 Å². The molecule has 1 aromatic rings. The molecule has 0 atom stereocenters. The Hall–Kier alpha value is -0.680. The first kappa shape index (κ1) is 13.3. The van der Waals surface area contributed by atoms with E-state index in [-0.39, 0.29) is 0 Å². The summed E-state index contributed by atoms with van der Waals surface area (Å²) in [6.45, 7) is 4.93. The number of rotatable bonds is 4. The molecular weight excluding hydrogens is 306 g/mol. The van der Waals surface area contributed by atoms with Crippen molar-refractivity contribution in [2.45, 2.75) is 44.6 Å². The fourth-order valence-electron chi connectivity index (χ4n) is 2.60. The van der Waals surface area contributed by atoms with Crippen LogP contribution in [0.1, 0.15) is 44.3 Å². The summed E-state index contributed by atoms with van der Waals surface area (Å²) in [6.07, 6.45) is 5.09. The highest BCUT2D eigenvalue weighted by Gasteiger charge is 2.28. The lowest BCUT2D eigenvalue weighted by molar-refractivity contribution is 0.0458. The zero-order valence-corrected chi connectivity index (χ0v) is 12.9. The van der Waals surface area contributed by atoms with Crippen LogP contribution in [-0.4, -0.2) is 35.8 Å². The Labute approximate surface area is 122 Å². The summed E-state index contributed by atoms with van der Waals surface area (Å²) < 4.78 is 6.60. The SMILES string of the molecule is CCOC1CCN(c2cc(Br)nc(C3CC3)n2)CC1. The van der Waals surface area contributed by atoms with Crippen molar-refractivity contribution >= 4 is 21.7 Å². The smallest absolute Gasteiger partial charge is 0.135 e. The Morgan fingerprint density at radius 1 is 1.26 bits per heavy atom. The molecule has 104 valence electrons. The van der Waals surface area contributed by atoms with Gasteiger partial charge in [-0.3, -0.25) is 0 Å². The van der Waals surface area contributed by atoms with E-state index in [0.717, 1.165) is 48.8 Å². The number of hydrogen-bond donors (Lipinski definition) is 0. The van der Waals surface area contributed by atoms with E-state index in [4.69, 9.17) is 9.72 Å². The number of halogens is 1. The lowest BCUT2D eigenvalue weighted by Crippen LogP contribution is -2.37. The average molecular weight is 326 g/mol. The van der Waals surface area contributed by atoms with E-state index in [9.17, 15) is 0 Å².